The lowest BCUT2D eigenvalue weighted by atomic mass is 10.2. The van der Waals surface area contributed by atoms with Gasteiger partial charge in [0.1, 0.15) is 0 Å². The number of ether oxygens (including phenoxy) is 1. The molecule has 0 radical (unpaired) electrons. The summed E-state index contributed by atoms with van der Waals surface area (Å²) in [7, 11) is 0. The summed E-state index contributed by atoms with van der Waals surface area (Å²) in [6, 6.07) is 6.43. The van der Waals surface area contributed by atoms with Crippen molar-refractivity contribution in [2.75, 3.05) is 12.3 Å². The van der Waals surface area contributed by atoms with E-state index < -0.39 is 11.9 Å². The van der Waals surface area contributed by atoms with Crippen LogP contribution >= 0.6 is 0 Å². The van der Waals surface area contributed by atoms with Crippen molar-refractivity contribution in [2.45, 2.75) is 12.8 Å². The van der Waals surface area contributed by atoms with Gasteiger partial charge in [0.25, 0.3) is 0 Å². The van der Waals surface area contributed by atoms with Crippen LogP contribution < -0.4 is 5.73 Å². The molecule has 0 saturated carbocycles. The summed E-state index contributed by atoms with van der Waals surface area (Å²) in [5.41, 5.74) is 6.36. The highest BCUT2D eigenvalue weighted by Crippen LogP contribution is 2.08. The molecular weight excluding hydrogens is 210 g/mol. The van der Waals surface area contributed by atoms with Crippen LogP contribution in [0.15, 0.2) is 24.3 Å². The fraction of sp³-hybridized carbons (Fsp3) is 0.273. The second-order valence-corrected chi connectivity index (χ2v) is 3.26. The smallest absolute Gasteiger partial charge is 0.338 e. The monoisotopic (exact) mass is 223 g/mol. The van der Waals surface area contributed by atoms with E-state index in [1.54, 1.807) is 18.2 Å². The first-order valence-corrected chi connectivity index (χ1v) is 4.84. The van der Waals surface area contributed by atoms with Crippen LogP contribution in [0.4, 0.5) is 5.69 Å². The zero-order valence-electron chi connectivity index (χ0n) is 8.68. The van der Waals surface area contributed by atoms with Gasteiger partial charge in [-0.1, -0.05) is 6.07 Å². The van der Waals surface area contributed by atoms with Gasteiger partial charge in [-0.15, -0.1) is 0 Å². The SMILES string of the molecule is Nc1cccc(C(=O)OCCCC(=O)O)c1. The van der Waals surface area contributed by atoms with Crippen LogP contribution in [0.25, 0.3) is 0 Å². The number of carboxylic acid groups (broad SMARTS) is 1. The Morgan fingerprint density at radius 1 is 1.38 bits per heavy atom. The molecule has 1 rings (SSSR count). The standard InChI is InChI=1S/C11H13NO4/c12-9-4-1-3-8(7-9)11(15)16-6-2-5-10(13)14/h1,3-4,7H,2,5-6,12H2,(H,13,14). The number of carbonyl (C=O) groups excluding carboxylic acids is 1. The Morgan fingerprint density at radius 2 is 2.12 bits per heavy atom. The van der Waals surface area contributed by atoms with E-state index in [0.717, 1.165) is 0 Å². The molecule has 5 nitrogen and oxygen atoms in total. The van der Waals surface area contributed by atoms with Crippen molar-refractivity contribution in [2.24, 2.45) is 0 Å². The predicted molar refractivity (Wildman–Crippen MR) is 58.0 cm³/mol. The van der Waals surface area contributed by atoms with Gasteiger partial charge in [-0.05, 0) is 24.6 Å². The number of aliphatic carboxylic acids is 1. The highest BCUT2D eigenvalue weighted by Gasteiger charge is 2.07. The van der Waals surface area contributed by atoms with Gasteiger partial charge in [0.15, 0.2) is 0 Å². The van der Waals surface area contributed by atoms with E-state index in [2.05, 4.69) is 0 Å². The Labute approximate surface area is 92.8 Å². The lowest BCUT2D eigenvalue weighted by molar-refractivity contribution is -0.137. The van der Waals surface area contributed by atoms with Crippen LogP contribution in [0.1, 0.15) is 23.2 Å². The number of nitrogens with two attached hydrogens (primary N) is 1. The molecule has 0 aliphatic heterocycles. The van der Waals surface area contributed by atoms with E-state index in [1.807, 2.05) is 0 Å². The van der Waals surface area contributed by atoms with Gasteiger partial charge in [-0.25, -0.2) is 4.79 Å². The maximum atomic E-state index is 11.4. The van der Waals surface area contributed by atoms with Gasteiger partial charge in [-0.2, -0.15) is 0 Å². The molecule has 0 fully saturated rings. The topological polar surface area (TPSA) is 89.6 Å². The van der Waals surface area contributed by atoms with E-state index in [1.165, 1.54) is 6.07 Å². The minimum Gasteiger partial charge on any atom is -0.481 e. The Balaban J connectivity index is 2.38. The second kappa shape index (κ2) is 5.75. The van der Waals surface area contributed by atoms with Crippen molar-refractivity contribution in [3.63, 3.8) is 0 Å². The van der Waals surface area contributed by atoms with Gasteiger partial charge < -0.3 is 15.6 Å². The number of carbonyl (C=O) groups is 2. The van der Waals surface area contributed by atoms with Crippen LogP contribution in [-0.2, 0) is 9.53 Å². The Bertz CT molecular complexity index is 389. The number of rotatable bonds is 5. The molecule has 0 aliphatic carbocycles. The second-order valence-electron chi connectivity index (χ2n) is 3.26. The Hall–Kier alpha value is -2.04. The number of anilines is 1. The summed E-state index contributed by atoms with van der Waals surface area (Å²) in [5, 5.41) is 8.38. The highest BCUT2D eigenvalue weighted by atomic mass is 16.5. The molecular formula is C11H13NO4. The number of hydrogen-bond acceptors (Lipinski definition) is 4. The average Bonchev–Trinajstić information content (AvgIpc) is 2.24. The molecule has 0 aromatic heterocycles. The van der Waals surface area contributed by atoms with Gasteiger partial charge >= 0.3 is 11.9 Å². The molecule has 1 aromatic rings. The van der Waals surface area contributed by atoms with Crippen LogP contribution in [-0.4, -0.2) is 23.7 Å². The lowest BCUT2D eigenvalue weighted by Gasteiger charge is -2.04. The van der Waals surface area contributed by atoms with E-state index in [-0.39, 0.29) is 13.0 Å². The van der Waals surface area contributed by atoms with Crippen LogP contribution in [0.3, 0.4) is 0 Å². The summed E-state index contributed by atoms with van der Waals surface area (Å²) in [4.78, 5) is 21.6. The van der Waals surface area contributed by atoms with Gasteiger partial charge in [-0.3, -0.25) is 4.79 Å². The van der Waals surface area contributed by atoms with Gasteiger partial charge in [0.05, 0.1) is 12.2 Å². The quantitative estimate of drug-likeness (QED) is 0.446. The Kier molecular flexibility index (Phi) is 4.32. The summed E-state index contributed by atoms with van der Waals surface area (Å²) in [6.07, 6.45) is 0.299. The molecule has 0 unspecified atom stereocenters. The fourth-order valence-corrected chi connectivity index (χ4v) is 1.14. The molecule has 1 aromatic carbocycles. The van der Waals surface area contributed by atoms with Crippen LogP contribution in [0, 0.1) is 0 Å². The normalized spacial score (nSPS) is 9.75. The third kappa shape index (κ3) is 4.00. The van der Waals surface area contributed by atoms with Gasteiger partial charge in [0, 0.05) is 12.1 Å². The van der Waals surface area contributed by atoms with Crippen molar-refractivity contribution >= 4 is 17.6 Å². The minimum atomic E-state index is -0.903. The van der Waals surface area contributed by atoms with E-state index >= 15 is 0 Å². The maximum Gasteiger partial charge on any atom is 0.338 e. The molecule has 0 spiro atoms. The van der Waals surface area contributed by atoms with Crippen LogP contribution in [0.2, 0.25) is 0 Å². The fourth-order valence-electron chi connectivity index (χ4n) is 1.14. The third-order valence-corrected chi connectivity index (χ3v) is 1.89. The largest absolute Gasteiger partial charge is 0.481 e. The van der Waals surface area contributed by atoms with Crippen LogP contribution in [0.5, 0.6) is 0 Å². The summed E-state index contributed by atoms with van der Waals surface area (Å²) < 4.78 is 4.88. The van der Waals surface area contributed by atoms with E-state index in [9.17, 15) is 9.59 Å². The van der Waals surface area contributed by atoms with Crippen molar-refractivity contribution in [3.8, 4) is 0 Å². The lowest BCUT2D eigenvalue weighted by Crippen LogP contribution is -2.08. The first kappa shape index (κ1) is 12.0. The third-order valence-electron chi connectivity index (χ3n) is 1.89. The molecule has 0 heterocycles. The number of carboxylic acids is 1. The first-order chi connectivity index (χ1) is 7.59. The summed E-state index contributed by atoms with van der Waals surface area (Å²) in [5.74, 6) is -1.39. The van der Waals surface area contributed by atoms with Gasteiger partial charge in [0.2, 0.25) is 0 Å². The minimum absolute atomic E-state index is 0.00971. The molecule has 0 atom stereocenters. The molecule has 3 N–H and O–H groups in total. The molecule has 16 heavy (non-hydrogen) atoms. The molecule has 5 heteroatoms. The molecule has 0 bridgehead atoms. The first-order valence-electron chi connectivity index (χ1n) is 4.84. The molecule has 0 aliphatic rings. The zero-order chi connectivity index (χ0) is 12.0. The average molecular weight is 223 g/mol. The Morgan fingerprint density at radius 3 is 2.75 bits per heavy atom. The van der Waals surface area contributed by atoms with Crippen molar-refractivity contribution < 1.29 is 19.4 Å². The van der Waals surface area contributed by atoms with Crippen molar-refractivity contribution in [1.82, 2.24) is 0 Å². The van der Waals surface area contributed by atoms with E-state index in [4.69, 9.17) is 15.6 Å². The highest BCUT2D eigenvalue weighted by molar-refractivity contribution is 5.90. The number of esters is 1. The summed E-state index contributed by atoms with van der Waals surface area (Å²) in [6.45, 7) is 0.0972. The zero-order valence-corrected chi connectivity index (χ0v) is 8.68. The maximum absolute atomic E-state index is 11.4. The number of benzene rings is 1. The van der Waals surface area contributed by atoms with Crippen molar-refractivity contribution in [3.05, 3.63) is 29.8 Å². The molecule has 0 amide bonds. The molecule has 0 saturated heterocycles. The summed E-state index contributed by atoms with van der Waals surface area (Å²) >= 11 is 0. The number of nitrogen functional groups attached to an aromatic ring is 1. The predicted octanol–water partition coefficient (Wildman–Crippen LogP) is 1.29. The van der Waals surface area contributed by atoms with E-state index in [0.29, 0.717) is 17.7 Å². The van der Waals surface area contributed by atoms with Crippen molar-refractivity contribution in [1.29, 1.82) is 0 Å². The number of hydrogen-bond donors (Lipinski definition) is 2. The molecule has 86 valence electrons.